The Labute approximate surface area is 172 Å². The second-order valence-electron chi connectivity index (χ2n) is 6.97. The summed E-state index contributed by atoms with van der Waals surface area (Å²) in [6.07, 6.45) is 0.453. The molecule has 1 atom stereocenters. The Balaban J connectivity index is 1.52. The maximum Gasteiger partial charge on any atom is 0.328 e. The molecule has 0 fully saturated rings. The number of amides is 1. The number of nitrogens with zero attached hydrogens (tertiary/aromatic N) is 5. The van der Waals surface area contributed by atoms with E-state index in [4.69, 9.17) is 4.74 Å². The highest BCUT2D eigenvalue weighted by Gasteiger charge is 2.35. The van der Waals surface area contributed by atoms with Crippen molar-refractivity contribution in [1.82, 2.24) is 24.5 Å². The van der Waals surface area contributed by atoms with E-state index in [9.17, 15) is 9.59 Å². The van der Waals surface area contributed by atoms with Gasteiger partial charge in [0.2, 0.25) is 11.1 Å². The molecule has 2 aromatic heterocycles. The van der Waals surface area contributed by atoms with Gasteiger partial charge in [0.1, 0.15) is 6.04 Å². The minimum Gasteiger partial charge on any atom is -0.467 e. The van der Waals surface area contributed by atoms with Gasteiger partial charge in [-0.1, -0.05) is 36.0 Å². The summed E-state index contributed by atoms with van der Waals surface area (Å²) in [5.74, 6) is 0.0836. The zero-order chi connectivity index (χ0) is 20.5. The molecule has 0 aliphatic carbocycles. The third-order valence-electron chi connectivity index (χ3n) is 4.97. The zero-order valence-corrected chi connectivity index (χ0v) is 17.3. The molecule has 0 saturated heterocycles. The van der Waals surface area contributed by atoms with Gasteiger partial charge in [0.25, 0.3) is 5.78 Å². The summed E-state index contributed by atoms with van der Waals surface area (Å²) in [7, 11) is 1.35. The number of carbonyl (C=O) groups is 2. The number of hydrogen-bond acceptors (Lipinski definition) is 7. The molecule has 0 saturated carbocycles. The number of aryl methyl sites for hydroxylation is 2. The molecule has 1 aliphatic rings. The van der Waals surface area contributed by atoms with Gasteiger partial charge in [0.15, 0.2) is 0 Å². The average molecular weight is 411 g/mol. The first-order chi connectivity index (χ1) is 14.0. The average Bonchev–Trinajstić information content (AvgIpc) is 3.13. The lowest BCUT2D eigenvalue weighted by Gasteiger charge is -2.35. The Bertz CT molecular complexity index is 1100. The predicted molar refractivity (Wildman–Crippen MR) is 107 cm³/mol. The molecule has 0 unspecified atom stereocenters. The van der Waals surface area contributed by atoms with Crippen LogP contribution in [0.2, 0.25) is 0 Å². The lowest BCUT2D eigenvalue weighted by molar-refractivity contribution is -0.153. The van der Waals surface area contributed by atoms with E-state index in [1.54, 1.807) is 9.42 Å². The number of ether oxygens (including phenoxy) is 1. The molecule has 29 heavy (non-hydrogen) atoms. The second kappa shape index (κ2) is 7.82. The SMILES string of the molecule is COC(=O)[C@@H]1Cc2ccccc2CN1C(=O)CSc1nc2nc(C)cc(C)n2n1. The van der Waals surface area contributed by atoms with Gasteiger partial charge in [-0.15, -0.1) is 5.10 Å². The molecule has 0 spiro atoms. The van der Waals surface area contributed by atoms with Gasteiger partial charge < -0.3 is 9.64 Å². The van der Waals surface area contributed by atoms with E-state index in [0.717, 1.165) is 22.5 Å². The molecular formula is C20H21N5O3S. The van der Waals surface area contributed by atoms with Gasteiger partial charge in [-0.2, -0.15) is 4.98 Å². The van der Waals surface area contributed by atoms with Crippen molar-refractivity contribution in [2.45, 2.75) is 38.0 Å². The van der Waals surface area contributed by atoms with E-state index >= 15 is 0 Å². The first kappa shape index (κ1) is 19.4. The highest BCUT2D eigenvalue weighted by Crippen LogP contribution is 2.25. The van der Waals surface area contributed by atoms with Crippen LogP contribution in [0.5, 0.6) is 0 Å². The van der Waals surface area contributed by atoms with Crippen LogP contribution in [0.3, 0.4) is 0 Å². The largest absolute Gasteiger partial charge is 0.467 e. The van der Waals surface area contributed by atoms with E-state index in [0.29, 0.717) is 23.9 Å². The molecule has 1 aliphatic heterocycles. The van der Waals surface area contributed by atoms with Crippen molar-refractivity contribution >= 4 is 29.4 Å². The predicted octanol–water partition coefficient (Wildman–Crippen LogP) is 1.96. The van der Waals surface area contributed by atoms with Crippen molar-refractivity contribution in [3.63, 3.8) is 0 Å². The topological polar surface area (TPSA) is 89.7 Å². The highest BCUT2D eigenvalue weighted by atomic mass is 32.2. The Morgan fingerprint density at radius 3 is 2.72 bits per heavy atom. The Morgan fingerprint density at radius 1 is 1.21 bits per heavy atom. The second-order valence-corrected chi connectivity index (χ2v) is 7.91. The van der Waals surface area contributed by atoms with Crippen molar-refractivity contribution in [1.29, 1.82) is 0 Å². The summed E-state index contributed by atoms with van der Waals surface area (Å²) < 4.78 is 6.60. The maximum absolute atomic E-state index is 13.0. The van der Waals surface area contributed by atoms with Crippen molar-refractivity contribution in [2.24, 2.45) is 0 Å². The fourth-order valence-corrected chi connectivity index (χ4v) is 4.25. The van der Waals surface area contributed by atoms with Gasteiger partial charge in [-0.05, 0) is 31.0 Å². The Kier molecular flexibility index (Phi) is 5.23. The normalized spacial score (nSPS) is 16.0. The van der Waals surface area contributed by atoms with Crippen LogP contribution in [0.25, 0.3) is 5.78 Å². The number of thioether (sulfide) groups is 1. The molecule has 4 rings (SSSR count). The minimum absolute atomic E-state index is 0.130. The number of fused-ring (bicyclic) bond motifs is 2. The summed E-state index contributed by atoms with van der Waals surface area (Å²) in [6, 6.07) is 9.15. The molecule has 0 radical (unpaired) electrons. The van der Waals surface area contributed by atoms with Crippen molar-refractivity contribution in [2.75, 3.05) is 12.9 Å². The zero-order valence-electron chi connectivity index (χ0n) is 16.5. The Morgan fingerprint density at radius 2 is 1.97 bits per heavy atom. The fraction of sp³-hybridized carbons (Fsp3) is 0.350. The summed E-state index contributed by atoms with van der Waals surface area (Å²) in [4.78, 5) is 35.6. The summed E-state index contributed by atoms with van der Waals surface area (Å²) in [5, 5.41) is 4.90. The molecule has 9 heteroatoms. The van der Waals surface area contributed by atoms with Gasteiger partial charge in [0, 0.05) is 24.4 Å². The quantitative estimate of drug-likeness (QED) is 0.479. The van der Waals surface area contributed by atoms with Crippen LogP contribution >= 0.6 is 11.8 Å². The molecular weight excluding hydrogens is 390 g/mol. The van der Waals surface area contributed by atoms with Gasteiger partial charge in [-0.25, -0.2) is 14.3 Å². The number of carbonyl (C=O) groups excluding carboxylic acids is 2. The number of rotatable bonds is 4. The van der Waals surface area contributed by atoms with E-state index < -0.39 is 12.0 Å². The number of aromatic nitrogens is 4. The monoisotopic (exact) mass is 411 g/mol. The smallest absolute Gasteiger partial charge is 0.328 e. The van der Waals surface area contributed by atoms with Crippen LogP contribution in [0.15, 0.2) is 35.5 Å². The van der Waals surface area contributed by atoms with Gasteiger partial charge in [-0.3, -0.25) is 4.79 Å². The van der Waals surface area contributed by atoms with Crippen LogP contribution in [0.4, 0.5) is 0 Å². The molecule has 8 nitrogen and oxygen atoms in total. The molecule has 0 N–H and O–H groups in total. The first-order valence-electron chi connectivity index (χ1n) is 9.24. The van der Waals surface area contributed by atoms with Gasteiger partial charge >= 0.3 is 5.97 Å². The maximum atomic E-state index is 13.0. The van der Waals surface area contributed by atoms with E-state index in [1.807, 2.05) is 44.2 Å². The Hall–Kier alpha value is -2.94. The molecule has 1 amide bonds. The third kappa shape index (κ3) is 3.82. The summed E-state index contributed by atoms with van der Waals surface area (Å²) in [6.45, 7) is 4.22. The van der Waals surface area contributed by atoms with Crippen LogP contribution in [0, 0.1) is 13.8 Å². The molecule has 1 aromatic carbocycles. The lowest BCUT2D eigenvalue weighted by atomic mass is 9.94. The van der Waals surface area contributed by atoms with Crippen LogP contribution < -0.4 is 0 Å². The first-order valence-corrected chi connectivity index (χ1v) is 10.2. The number of hydrogen-bond donors (Lipinski definition) is 0. The summed E-state index contributed by atoms with van der Waals surface area (Å²) in [5.41, 5.74) is 3.91. The van der Waals surface area contributed by atoms with Gasteiger partial charge in [0.05, 0.1) is 12.9 Å². The van der Waals surface area contributed by atoms with Crippen molar-refractivity contribution in [3.8, 4) is 0 Å². The van der Waals surface area contributed by atoms with Crippen molar-refractivity contribution in [3.05, 3.63) is 52.8 Å². The van der Waals surface area contributed by atoms with Crippen molar-refractivity contribution < 1.29 is 14.3 Å². The van der Waals surface area contributed by atoms with Crippen LogP contribution in [0.1, 0.15) is 22.5 Å². The van der Waals surface area contributed by atoms with Crippen LogP contribution in [-0.4, -0.2) is 55.3 Å². The third-order valence-corrected chi connectivity index (χ3v) is 5.79. The van der Waals surface area contributed by atoms with Crippen LogP contribution in [-0.2, 0) is 27.3 Å². The fourth-order valence-electron chi connectivity index (χ4n) is 3.55. The number of methoxy groups -OCH3 is 1. The molecule has 3 aromatic rings. The summed E-state index contributed by atoms with van der Waals surface area (Å²) >= 11 is 1.24. The highest BCUT2D eigenvalue weighted by molar-refractivity contribution is 7.99. The minimum atomic E-state index is -0.622. The lowest BCUT2D eigenvalue weighted by Crippen LogP contribution is -2.49. The molecule has 3 heterocycles. The van der Waals surface area contributed by atoms with E-state index in [1.165, 1.54) is 18.9 Å². The number of esters is 1. The molecule has 150 valence electrons. The number of benzene rings is 1. The standard InChI is InChI=1S/C20H21N5O3S/c1-12-8-13(2)25-19(21-12)22-20(23-25)29-11-17(26)24-10-15-7-5-4-6-14(15)9-16(24)18(27)28-3/h4-8,16H,9-11H2,1-3H3/t16-/m0/s1. The van der Waals surface area contributed by atoms with E-state index in [-0.39, 0.29) is 11.7 Å². The molecule has 0 bridgehead atoms. The van der Waals surface area contributed by atoms with E-state index in [2.05, 4.69) is 15.1 Å².